The Morgan fingerprint density at radius 3 is 2.86 bits per heavy atom. The minimum atomic E-state index is -0.397. The number of carbonyl (C=O) groups is 1. The summed E-state index contributed by atoms with van der Waals surface area (Å²) in [5.41, 5.74) is 1.98. The average Bonchev–Trinajstić information content (AvgIpc) is 2.44. The Kier molecular flexibility index (Phi) is 3.06. The number of aromatic nitrogens is 2. The molecule has 0 aromatic carbocycles. The van der Waals surface area contributed by atoms with Crippen LogP contribution in [0.4, 0.5) is 0 Å². The summed E-state index contributed by atoms with van der Waals surface area (Å²) in [5.74, 6) is -0.397. The highest BCUT2D eigenvalue weighted by atomic mass is 16.5. The summed E-state index contributed by atoms with van der Waals surface area (Å²) in [6, 6.07) is 0. The summed E-state index contributed by atoms with van der Waals surface area (Å²) in [6.45, 7) is 7.65. The van der Waals surface area contributed by atoms with Gasteiger partial charge in [-0.25, -0.2) is 4.79 Å². The molecule has 0 aliphatic heterocycles. The number of nitrogens with zero attached hydrogens (tertiary/aromatic N) is 2. The van der Waals surface area contributed by atoms with E-state index < -0.39 is 5.97 Å². The number of rotatable bonds is 3. The monoisotopic (exact) mass is 194 g/mol. The average molecular weight is 194 g/mol. The summed E-state index contributed by atoms with van der Waals surface area (Å²) in [7, 11) is 1.78. The van der Waals surface area contributed by atoms with Crippen LogP contribution in [-0.4, -0.2) is 22.4 Å². The quantitative estimate of drug-likeness (QED) is 0.686. The highest BCUT2D eigenvalue weighted by Crippen LogP contribution is 2.14. The van der Waals surface area contributed by atoms with Gasteiger partial charge < -0.3 is 4.74 Å². The second-order valence-electron chi connectivity index (χ2n) is 2.90. The first kappa shape index (κ1) is 10.5. The highest BCUT2D eigenvalue weighted by Gasteiger charge is 2.17. The highest BCUT2D eigenvalue weighted by molar-refractivity contribution is 5.91. The summed E-state index contributed by atoms with van der Waals surface area (Å²) in [5, 5.41) is 4.07. The molecule has 0 unspecified atom stereocenters. The number of hydrogen-bond acceptors (Lipinski definition) is 3. The number of carbonyl (C=O) groups excluding carboxylic acids is 1. The fraction of sp³-hybridized carbons (Fsp3) is 0.400. The summed E-state index contributed by atoms with van der Waals surface area (Å²) >= 11 is 0. The molecular weight excluding hydrogens is 180 g/mol. The van der Waals surface area contributed by atoms with Crippen LogP contribution in [0.25, 0.3) is 6.08 Å². The van der Waals surface area contributed by atoms with E-state index in [1.54, 1.807) is 24.7 Å². The van der Waals surface area contributed by atoms with Crippen molar-refractivity contribution < 1.29 is 9.53 Å². The van der Waals surface area contributed by atoms with Crippen LogP contribution in [0.1, 0.15) is 28.7 Å². The van der Waals surface area contributed by atoms with Crippen LogP contribution < -0.4 is 0 Å². The zero-order valence-corrected chi connectivity index (χ0v) is 8.70. The maximum absolute atomic E-state index is 11.4. The lowest BCUT2D eigenvalue weighted by atomic mass is 10.2. The SMILES string of the molecule is C=Cc1c(C(=O)OCC)nn(C)c1C. The van der Waals surface area contributed by atoms with E-state index in [1.807, 2.05) is 6.92 Å². The predicted octanol–water partition coefficient (Wildman–Crippen LogP) is 1.55. The molecule has 1 rings (SSSR count). The molecule has 0 atom stereocenters. The number of ether oxygens (including phenoxy) is 1. The Morgan fingerprint density at radius 1 is 1.71 bits per heavy atom. The summed E-state index contributed by atoms with van der Waals surface area (Å²) < 4.78 is 6.52. The van der Waals surface area contributed by atoms with Gasteiger partial charge in [0.15, 0.2) is 5.69 Å². The predicted molar refractivity (Wildman–Crippen MR) is 54.0 cm³/mol. The maximum Gasteiger partial charge on any atom is 0.359 e. The smallest absolute Gasteiger partial charge is 0.359 e. The lowest BCUT2D eigenvalue weighted by molar-refractivity contribution is 0.0518. The van der Waals surface area contributed by atoms with Crippen LogP contribution in [0, 0.1) is 6.92 Å². The first-order chi connectivity index (χ1) is 6.61. The lowest BCUT2D eigenvalue weighted by Crippen LogP contribution is -2.07. The maximum atomic E-state index is 11.4. The van der Waals surface area contributed by atoms with Crippen molar-refractivity contribution >= 4 is 12.0 Å². The van der Waals surface area contributed by atoms with Gasteiger partial charge in [0.05, 0.1) is 6.61 Å². The van der Waals surface area contributed by atoms with Crippen LogP contribution in [0.3, 0.4) is 0 Å². The fourth-order valence-electron chi connectivity index (χ4n) is 1.22. The van der Waals surface area contributed by atoms with Gasteiger partial charge in [0, 0.05) is 18.3 Å². The van der Waals surface area contributed by atoms with E-state index in [9.17, 15) is 4.79 Å². The Bertz CT molecular complexity index is 366. The zero-order valence-electron chi connectivity index (χ0n) is 8.70. The van der Waals surface area contributed by atoms with Gasteiger partial charge in [0.2, 0.25) is 0 Å². The normalized spacial score (nSPS) is 9.93. The standard InChI is InChI=1S/C10H14N2O2/c1-5-8-7(3)12(4)11-9(8)10(13)14-6-2/h5H,1,6H2,2-4H3. The number of aryl methyl sites for hydroxylation is 1. The van der Waals surface area contributed by atoms with Crippen LogP contribution in [0.15, 0.2) is 6.58 Å². The van der Waals surface area contributed by atoms with Crippen molar-refractivity contribution in [3.8, 4) is 0 Å². The van der Waals surface area contributed by atoms with Crippen molar-refractivity contribution in [2.75, 3.05) is 6.61 Å². The van der Waals surface area contributed by atoms with Gasteiger partial charge in [-0.2, -0.15) is 5.10 Å². The molecule has 0 N–H and O–H groups in total. The first-order valence-corrected chi connectivity index (χ1v) is 4.45. The second kappa shape index (κ2) is 4.09. The zero-order chi connectivity index (χ0) is 10.7. The van der Waals surface area contributed by atoms with Gasteiger partial charge in [-0.1, -0.05) is 12.7 Å². The third-order valence-corrected chi connectivity index (χ3v) is 2.05. The topological polar surface area (TPSA) is 44.1 Å². The summed E-state index contributed by atoms with van der Waals surface area (Å²) in [4.78, 5) is 11.4. The van der Waals surface area contributed by atoms with Gasteiger partial charge in [-0.15, -0.1) is 0 Å². The molecule has 0 aliphatic carbocycles. The molecule has 0 radical (unpaired) electrons. The van der Waals surface area contributed by atoms with Crippen molar-refractivity contribution in [3.05, 3.63) is 23.5 Å². The van der Waals surface area contributed by atoms with Crippen LogP contribution in [-0.2, 0) is 11.8 Å². The van der Waals surface area contributed by atoms with Gasteiger partial charge in [-0.05, 0) is 13.8 Å². The van der Waals surface area contributed by atoms with Crippen LogP contribution in [0.5, 0.6) is 0 Å². The number of hydrogen-bond donors (Lipinski definition) is 0. The van der Waals surface area contributed by atoms with Gasteiger partial charge in [0.1, 0.15) is 0 Å². The fourth-order valence-corrected chi connectivity index (χ4v) is 1.22. The molecule has 4 heteroatoms. The molecular formula is C10H14N2O2. The Labute approximate surface area is 83.2 Å². The Morgan fingerprint density at radius 2 is 2.36 bits per heavy atom. The van der Waals surface area contributed by atoms with Gasteiger partial charge in [0.25, 0.3) is 0 Å². The minimum absolute atomic E-state index is 0.335. The lowest BCUT2D eigenvalue weighted by Gasteiger charge is -1.98. The van der Waals surface area contributed by atoms with Gasteiger partial charge in [-0.3, -0.25) is 4.68 Å². The van der Waals surface area contributed by atoms with Crippen molar-refractivity contribution in [3.63, 3.8) is 0 Å². The minimum Gasteiger partial charge on any atom is -0.461 e. The molecule has 0 amide bonds. The molecule has 0 saturated heterocycles. The molecule has 4 nitrogen and oxygen atoms in total. The Balaban J connectivity index is 3.14. The van der Waals surface area contributed by atoms with E-state index in [0.717, 1.165) is 11.3 Å². The van der Waals surface area contributed by atoms with E-state index in [2.05, 4.69) is 11.7 Å². The van der Waals surface area contributed by atoms with E-state index >= 15 is 0 Å². The molecule has 0 aliphatic rings. The van der Waals surface area contributed by atoms with E-state index in [-0.39, 0.29) is 0 Å². The van der Waals surface area contributed by atoms with Crippen molar-refractivity contribution in [2.45, 2.75) is 13.8 Å². The Hall–Kier alpha value is -1.58. The molecule has 1 aromatic heterocycles. The largest absolute Gasteiger partial charge is 0.461 e. The van der Waals surface area contributed by atoms with E-state index in [0.29, 0.717) is 12.3 Å². The van der Waals surface area contributed by atoms with Gasteiger partial charge >= 0.3 is 5.97 Å². The molecule has 0 bridgehead atoms. The molecule has 0 spiro atoms. The molecule has 0 saturated carbocycles. The second-order valence-corrected chi connectivity index (χ2v) is 2.90. The number of esters is 1. The summed E-state index contributed by atoms with van der Waals surface area (Å²) in [6.07, 6.45) is 1.62. The molecule has 1 heterocycles. The van der Waals surface area contributed by atoms with Crippen molar-refractivity contribution in [1.29, 1.82) is 0 Å². The van der Waals surface area contributed by atoms with Crippen molar-refractivity contribution in [1.82, 2.24) is 9.78 Å². The molecule has 1 aromatic rings. The van der Waals surface area contributed by atoms with Crippen molar-refractivity contribution in [2.24, 2.45) is 7.05 Å². The third-order valence-electron chi connectivity index (χ3n) is 2.05. The van der Waals surface area contributed by atoms with E-state index in [1.165, 1.54) is 0 Å². The van der Waals surface area contributed by atoms with Crippen LogP contribution >= 0.6 is 0 Å². The van der Waals surface area contributed by atoms with E-state index in [4.69, 9.17) is 4.74 Å². The first-order valence-electron chi connectivity index (χ1n) is 4.45. The molecule has 14 heavy (non-hydrogen) atoms. The molecule has 0 fully saturated rings. The third kappa shape index (κ3) is 1.69. The molecule has 76 valence electrons. The van der Waals surface area contributed by atoms with Crippen LogP contribution in [0.2, 0.25) is 0 Å².